The summed E-state index contributed by atoms with van der Waals surface area (Å²) >= 11 is 3.57. The third-order valence-electron chi connectivity index (χ3n) is 4.20. The summed E-state index contributed by atoms with van der Waals surface area (Å²) in [7, 11) is 1.69. The van der Waals surface area contributed by atoms with Gasteiger partial charge in [0.1, 0.15) is 5.75 Å². The highest BCUT2D eigenvalue weighted by Crippen LogP contribution is 2.37. The zero-order chi connectivity index (χ0) is 13.9. The van der Waals surface area contributed by atoms with Gasteiger partial charge in [0.05, 0.1) is 17.7 Å². The Morgan fingerprint density at radius 1 is 1.35 bits per heavy atom. The summed E-state index contributed by atoms with van der Waals surface area (Å²) < 4.78 is 12.4. The standard InChI is InChI=1S/C16H22BrNO2/c1-19-15-7-4-11(9-14(15)17)16-12(3-2-8-20-16)10-18-13-5-6-13/h4,7,9,12-13,16,18H,2-3,5-6,8,10H2,1H3. The fourth-order valence-electron chi connectivity index (χ4n) is 2.89. The Balaban J connectivity index is 1.72. The summed E-state index contributed by atoms with van der Waals surface area (Å²) in [4.78, 5) is 0. The number of hydrogen-bond acceptors (Lipinski definition) is 3. The Labute approximate surface area is 129 Å². The van der Waals surface area contributed by atoms with Gasteiger partial charge in [0.25, 0.3) is 0 Å². The van der Waals surface area contributed by atoms with Gasteiger partial charge in [-0.1, -0.05) is 6.07 Å². The fourth-order valence-corrected chi connectivity index (χ4v) is 3.44. The van der Waals surface area contributed by atoms with Crippen molar-refractivity contribution in [2.75, 3.05) is 20.3 Å². The van der Waals surface area contributed by atoms with E-state index in [2.05, 4.69) is 33.4 Å². The molecule has 1 aliphatic heterocycles. The van der Waals surface area contributed by atoms with E-state index >= 15 is 0 Å². The van der Waals surface area contributed by atoms with Gasteiger partial charge >= 0.3 is 0 Å². The molecular formula is C16H22BrNO2. The van der Waals surface area contributed by atoms with E-state index in [0.29, 0.717) is 5.92 Å². The Bertz CT molecular complexity index is 462. The normalized spacial score (nSPS) is 26.5. The van der Waals surface area contributed by atoms with Crippen LogP contribution >= 0.6 is 15.9 Å². The van der Waals surface area contributed by atoms with Gasteiger partial charge in [-0.05, 0) is 59.3 Å². The predicted octanol–water partition coefficient (Wildman–Crippen LogP) is 3.68. The first-order valence-electron chi connectivity index (χ1n) is 7.46. The molecule has 0 radical (unpaired) electrons. The van der Waals surface area contributed by atoms with Gasteiger partial charge in [-0.25, -0.2) is 0 Å². The van der Waals surface area contributed by atoms with Crippen molar-refractivity contribution in [1.29, 1.82) is 0 Å². The summed E-state index contributed by atoms with van der Waals surface area (Å²) in [6.45, 7) is 1.94. The number of hydrogen-bond donors (Lipinski definition) is 1. The predicted molar refractivity (Wildman–Crippen MR) is 83.1 cm³/mol. The van der Waals surface area contributed by atoms with Gasteiger partial charge in [-0.3, -0.25) is 0 Å². The van der Waals surface area contributed by atoms with Gasteiger partial charge in [0.15, 0.2) is 0 Å². The Morgan fingerprint density at radius 3 is 2.90 bits per heavy atom. The molecule has 0 amide bonds. The third kappa shape index (κ3) is 3.35. The smallest absolute Gasteiger partial charge is 0.133 e. The topological polar surface area (TPSA) is 30.5 Å². The molecule has 4 heteroatoms. The highest BCUT2D eigenvalue weighted by molar-refractivity contribution is 9.10. The molecule has 1 heterocycles. The Kier molecular flexibility index (Phi) is 4.64. The molecule has 2 atom stereocenters. The molecule has 0 aromatic heterocycles. The minimum Gasteiger partial charge on any atom is -0.496 e. The largest absolute Gasteiger partial charge is 0.496 e. The zero-order valence-electron chi connectivity index (χ0n) is 11.9. The van der Waals surface area contributed by atoms with Crippen molar-refractivity contribution in [1.82, 2.24) is 5.32 Å². The van der Waals surface area contributed by atoms with E-state index in [1.807, 2.05) is 6.07 Å². The van der Waals surface area contributed by atoms with E-state index in [0.717, 1.165) is 29.4 Å². The molecule has 1 N–H and O–H groups in total. The first-order chi connectivity index (χ1) is 9.78. The number of halogens is 1. The molecule has 1 aliphatic carbocycles. The van der Waals surface area contributed by atoms with E-state index in [1.54, 1.807) is 7.11 Å². The quantitative estimate of drug-likeness (QED) is 0.887. The second kappa shape index (κ2) is 6.46. The average Bonchev–Trinajstić information content (AvgIpc) is 3.29. The van der Waals surface area contributed by atoms with Crippen LogP contribution in [0.2, 0.25) is 0 Å². The van der Waals surface area contributed by atoms with E-state index in [9.17, 15) is 0 Å². The molecule has 1 saturated heterocycles. The van der Waals surface area contributed by atoms with Crippen molar-refractivity contribution in [3.63, 3.8) is 0 Å². The molecule has 2 unspecified atom stereocenters. The van der Waals surface area contributed by atoms with E-state index in [-0.39, 0.29) is 6.10 Å². The van der Waals surface area contributed by atoms with Crippen molar-refractivity contribution in [2.24, 2.45) is 5.92 Å². The first kappa shape index (κ1) is 14.4. The van der Waals surface area contributed by atoms with Crippen molar-refractivity contribution in [3.05, 3.63) is 28.2 Å². The highest BCUT2D eigenvalue weighted by atomic mass is 79.9. The molecule has 2 aliphatic rings. The van der Waals surface area contributed by atoms with Crippen LogP contribution in [-0.4, -0.2) is 26.3 Å². The van der Waals surface area contributed by atoms with Gasteiger partial charge in [-0.15, -0.1) is 0 Å². The molecule has 1 aromatic rings. The maximum Gasteiger partial charge on any atom is 0.133 e. The van der Waals surface area contributed by atoms with E-state index in [4.69, 9.17) is 9.47 Å². The van der Waals surface area contributed by atoms with Gasteiger partial charge < -0.3 is 14.8 Å². The lowest BCUT2D eigenvalue weighted by Gasteiger charge is -2.32. The molecule has 20 heavy (non-hydrogen) atoms. The summed E-state index contributed by atoms with van der Waals surface area (Å²) in [5, 5.41) is 3.65. The molecule has 3 nitrogen and oxygen atoms in total. The lowest BCUT2D eigenvalue weighted by molar-refractivity contribution is -0.0279. The maximum absolute atomic E-state index is 6.06. The molecular weight excluding hydrogens is 318 g/mol. The number of ether oxygens (including phenoxy) is 2. The van der Waals surface area contributed by atoms with Crippen molar-refractivity contribution >= 4 is 15.9 Å². The number of methoxy groups -OCH3 is 1. The van der Waals surface area contributed by atoms with E-state index < -0.39 is 0 Å². The summed E-state index contributed by atoms with van der Waals surface area (Å²) in [5.41, 5.74) is 1.25. The monoisotopic (exact) mass is 339 g/mol. The van der Waals surface area contributed by atoms with Crippen LogP contribution in [0.25, 0.3) is 0 Å². The Morgan fingerprint density at radius 2 is 2.20 bits per heavy atom. The van der Waals surface area contributed by atoms with Crippen LogP contribution in [0.15, 0.2) is 22.7 Å². The lowest BCUT2D eigenvalue weighted by Crippen LogP contribution is -2.32. The number of rotatable bonds is 5. The van der Waals surface area contributed by atoms with Crippen LogP contribution in [0.3, 0.4) is 0 Å². The molecule has 110 valence electrons. The molecule has 0 spiro atoms. The highest BCUT2D eigenvalue weighted by Gasteiger charge is 2.30. The number of benzene rings is 1. The van der Waals surface area contributed by atoms with Crippen LogP contribution in [0.1, 0.15) is 37.4 Å². The van der Waals surface area contributed by atoms with Crippen LogP contribution in [0.4, 0.5) is 0 Å². The van der Waals surface area contributed by atoms with Crippen LogP contribution in [0, 0.1) is 5.92 Å². The minimum atomic E-state index is 0.206. The van der Waals surface area contributed by atoms with Crippen molar-refractivity contribution < 1.29 is 9.47 Å². The van der Waals surface area contributed by atoms with Gasteiger partial charge in [0, 0.05) is 25.1 Å². The van der Waals surface area contributed by atoms with Crippen LogP contribution in [0.5, 0.6) is 5.75 Å². The summed E-state index contributed by atoms with van der Waals surface area (Å²) in [6, 6.07) is 7.05. The number of nitrogens with one attached hydrogen (secondary N) is 1. The fraction of sp³-hybridized carbons (Fsp3) is 0.625. The second-order valence-electron chi connectivity index (χ2n) is 5.77. The molecule has 3 rings (SSSR count). The molecule has 1 saturated carbocycles. The second-order valence-corrected chi connectivity index (χ2v) is 6.62. The van der Waals surface area contributed by atoms with Crippen molar-refractivity contribution in [2.45, 2.75) is 37.8 Å². The molecule has 2 fully saturated rings. The summed E-state index contributed by atoms with van der Waals surface area (Å²) in [5.74, 6) is 1.45. The summed E-state index contributed by atoms with van der Waals surface area (Å²) in [6.07, 6.45) is 5.30. The average molecular weight is 340 g/mol. The van der Waals surface area contributed by atoms with Gasteiger partial charge in [-0.2, -0.15) is 0 Å². The molecule has 0 bridgehead atoms. The third-order valence-corrected chi connectivity index (χ3v) is 4.81. The Hall–Kier alpha value is -0.580. The van der Waals surface area contributed by atoms with Crippen LogP contribution < -0.4 is 10.1 Å². The van der Waals surface area contributed by atoms with Crippen LogP contribution in [-0.2, 0) is 4.74 Å². The van der Waals surface area contributed by atoms with E-state index in [1.165, 1.54) is 31.2 Å². The first-order valence-corrected chi connectivity index (χ1v) is 8.25. The molecule has 1 aromatic carbocycles. The maximum atomic E-state index is 6.06. The SMILES string of the molecule is COc1ccc(C2OCCCC2CNC2CC2)cc1Br. The lowest BCUT2D eigenvalue weighted by atomic mass is 9.89. The minimum absolute atomic E-state index is 0.206. The zero-order valence-corrected chi connectivity index (χ0v) is 13.5. The van der Waals surface area contributed by atoms with Crippen molar-refractivity contribution in [3.8, 4) is 5.75 Å². The van der Waals surface area contributed by atoms with Gasteiger partial charge in [0.2, 0.25) is 0 Å².